The van der Waals surface area contributed by atoms with E-state index in [1.807, 2.05) is 6.07 Å². The average Bonchev–Trinajstić information content (AvgIpc) is 2.40. The molecule has 1 heterocycles. The molecule has 1 aliphatic heterocycles. The van der Waals surface area contributed by atoms with Crippen molar-refractivity contribution in [1.29, 1.82) is 0 Å². The predicted octanol–water partition coefficient (Wildman–Crippen LogP) is 1.93. The highest BCUT2D eigenvalue weighted by Gasteiger charge is 2.23. The first-order chi connectivity index (χ1) is 8.36. The number of nitrogens with one attached hydrogen (secondary N) is 1. The summed E-state index contributed by atoms with van der Waals surface area (Å²) < 4.78 is 5.71. The summed E-state index contributed by atoms with van der Waals surface area (Å²) in [4.78, 5) is 0. The lowest BCUT2D eigenvalue weighted by atomic mass is 9.88. The molecule has 0 spiro atoms. The van der Waals surface area contributed by atoms with Gasteiger partial charge in [0.25, 0.3) is 0 Å². The topological polar surface area (TPSA) is 41.5 Å². The lowest BCUT2D eigenvalue weighted by Gasteiger charge is -2.27. The summed E-state index contributed by atoms with van der Waals surface area (Å²) in [7, 11) is 0. The van der Waals surface area contributed by atoms with Gasteiger partial charge in [-0.3, -0.25) is 0 Å². The molecule has 1 unspecified atom stereocenters. The normalized spacial score (nSPS) is 24.4. The Labute approximate surface area is 102 Å². The lowest BCUT2D eigenvalue weighted by Crippen LogP contribution is -2.33. The second kappa shape index (κ2) is 4.67. The largest absolute Gasteiger partial charge is 0.507 e. The van der Waals surface area contributed by atoms with E-state index in [2.05, 4.69) is 11.4 Å². The van der Waals surface area contributed by atoms with Gasteiger partial charge >= 0.3 is 0 Å². The monoisotopic (exact) mass is 233 g/mol. The minimum Gasteiger partial charge on any atom is -0.507 e. The minimum atomic E-state index is 0.0102. The summed E-state index contributed by atoms with van der Waals surface area (Å²) >= 11 is 0. The van der Waals surface area contributed by atoms with E-state index in [-0.39, 0.29) is 6.10 Å². The van der Waals surface area contributed by atoms with E-state index in [0.717, 1.165) is 43.7 Å². The number of morpholine rings is 1. The summed E-state index contributed by atoms with van der Waals surface area (Å²) in [6, 6.07) is 4.21. The third-order valence-corrected chi connectivity index (χ3v) is 3.81. The van der Waals surface area contributed by atoms with Gasteiger partial charge in [0.05, 0.1) is 12.7 Å². The number of ether oxygens (including phenoxy) is 1. The fourth-order valence-corrected chi connectivity index (χ4v) is 2.85. The fourth-order valence-electron chi connectivity index (χ4n) is 2.85. The average molecular weight is 233 g/mol. The number of benzene rings is 1. The van der Waals surface area contributed by atoms with E-state index < -0.39 is 0 Å². The van der Waals surface area contributed by atoms with Gasteiger partial charge in [-0.1, -0.05) is 12.1 Å². The Hall–Kier alpha value is -1.06. The van der Waals surface area contributed by atoms with Crippen LogP contribution in [0.2, 0.25) is 0 Å². The Morgan fingerprint density at radius 3 is 2.94 bits per heavy atom. The maximum absolute atomic E-state index is 10.4. The van der Waals surface area contributed by atoms with Gasteiger partial charge in [0.1, 0.15) is 5.75 Å². The fraction of sp³-hybridized carbons (Fsp3) is 0.571. The molecule has 0 saturated carbocycles. The molecule has 3 nitrogen and oxygen atoms in total. The first-order valence-corrected chi connectivity index (χ1v) is 6.52. The van der Waals surface area contributed by atoms with E-state index in [1.54, 1.807) is 0 Å². The summed E-state index contributed by atoms with van der Waals surface area (Å²) in [5, 5.41) is 13.7. The van der Waals surface area contributed by atoms with Crippen molar-refractivity contribution in [3.63, 3.8) is 0 Å². The molecule has 17 heavy (non-hydrogen) atoms. The molecule has 1 fully saturated rings. The zero-order valence-electron chi connectivity index (χ0n) is 10.0. The van der Waals surface area contributed by atoms with Crippen LogP contribution in [0.4, 0.5) is 0 Å². The highest BCUT2D eigenvalue weighted by atomic mass is 16.5. The van der Waals surface area contributed by atoms with Gasteiger partial charge in [-0.15, -0.1) is 0 Å². The van der Waals surface area contributed by atoms with Crippen LogP contribution in [-0.4, -0.2) is 24.8 Å². The molecule has 1 saturated heterocycles. The van der Waals surface area contributed by atoms with Gasteiger partial charge < -0.3 is 15.2 Å². The Kier molecular flexibility index (Phi) is 3.04. The number of hydrogen-bond acceptors (Lipinski definition) is 3. The van der Waals surface area contributed by atoms with Crippen LogP contribution in [0.5, 0.6) is 5.75 Å². The number of aromatic hydroxyl groups is 1. The zero-order valence-corrected chi connectivity index (χ0v) is 10.0. The van der Waals surface area contributed by atoms with Crippen LogP contribution in [-0.2, 0) is 17.6 Å². The van der Waals surface area contributed by atoms with E-state index in [0.29, 0.717) is 5.75 Å². The molecule has 92 valence electrons. The van der Waals surface area contributed by atoms with Gasteiger partial charge in [-0.25, -0.2) is 0 Å². The Morgan fingerprint density at radius 1 is 1.24 bits per heavy atom. The molecular formula is C14H19NO2. The number of aryl methyl sites for hydroxylation is 1. The quantitative estimate of drug-likeness (QED) is 0.779. The molecule has 1 aliphatic carbocycles. The molecule has 2 N–H and O–H groups in total. The highest BCUT2D eigenvalue weighted by molar-refractivity contribution is 5.47. The van der Waals surface area contributed by atoms with Crippen molar-refractivity contribution in [1.82, 2.24) is 5.32 Å². The van der Waals surface area contributed by atoms with E-state index in [4.69, 9.17) is 4.74 Å². The van der Waals surface area contributed by atoms with Crippen LogP contribution < -0.4 is 5.32 Å². The minimum absolute atomic E-state index is 0.0102. The molecule has 3 rings (SSSR count). The summed E-state index contributed by atoms with van der Waals surface area (Å²) in [5.41, 5.74) is 3.43. The van der Waals surface area contributed by atoms with Gasteiger partial charge in [0, 0.05) is 18.7 Å². The Balaban J connectivity index is 1.94. The van der Waals surface area contributed by atoms with Crippen LogP contribution >= 0.6 is 0 Å². The number of phenolic OH excluding ortho intramolecular Hbond substituents is 1. The number of fused-ring (bicyclic) bond motifs is 1. The Morgan fingerprint density at radius 2 is 2.12 bits per heavy atom. The third kappa shape index (κ3) is 2.05. The zero-order chi connectivity index (χ0) is 11.7. The maximum Gasteiger partial charge on any atom is 0.124 e. The third-order valence-electron chi connectivity index (χ3n) is 3.81. The summed E-state index contributed by atoms with van der Waals surface area (Å²) in [6.07, 6.45) is 4.55. The predicted molar refractivity (Wildman–Crippen MR) is 66.3 cm³/mol. The molecule has 0 bridgehead atoms. The van der Waals surface area contributed by atoms with Gasteiger partial charge in [0.15, 0.2) is 0 Å². The van der Waals surface area contributed by atoms with Gasteiger partial charge in [-0.05, 0) is 36.8 Å². The van der Waals surface area contributed by atoms with Crippen molar-refractivity contribution < 1.29 is 9.84 Å². The molecule has 1 aromatic rings. The van der Waals surface area contributed by atoms with Crippen molar-refractivity contribution in [3.05, 3.63) is 28.8 Å². The van der Waals surface area contributed by atoms with Crippen LogP contribution in [0.1, 0.15) is 35.6 Å². The van der Waals surface area contributed by atoms with Crippen LogP contribution in [0.25, 0.3) is 0 Å². The van der Waals surface area contributed by atoms with Crippen molar-refractivity contribution in [3.8, 4) is 5.75 Å². The molecular weight excluding hydrogens is 214 g/mol. The number of rotatable bonds is 1. The molecule has 1 atom stereocenters. The van der Waals surface area contributed by atoms with E-state index in [9.17, 15) is 5.11 Å². The van der Waals surface area contributed by atoms with Crippen LogP contribution in [0.15, 0.2) is 12.1 Å². The molecule has 0 amide bonds. The maximum atomic E-state index is 10.4. The second-order valence-electron chi connectivity index (χ2n) is 4.91. The van der Waals surface area contributed by atoms with Gasteiger partial charge in [-0.2, -0.15) is 0 Å². The summed E-state index contributed by atoms with van der Waals surface area (Å²) in [5.74, 6) is 0.482. The molecule has 3 heteroatoms. The van der Waals surface area contributed by atoms with Crippen molar-refractivity contribution >= 4 is 0 Å². The molecule has 0 aromatic heterocycles. The smallest absolute Gasteiger partial charge is 0.124 e. The SMILES string of the molecule is Oc1c(C2CNCCO2)ccc2c1CCCC2. The number of hydrogen-bond donors (Lipinski definition) is 2. The first kappa shape index (κ1) is 11.1. The molecule has 2 aliphatic rings. The van der Waals surface area contributed by atoms with Gasteiger partial charge in [0.2, 0.25) is 0 Å². The highest BCUT2D eigenvalue weighted by Crippen LogP contribution is 2.36. The van der Waals surface area contributed by atoms with Crippen molar-refractivity contribution in [2.24, 2.45) is 0 Å². The molecule has 1 aromatic carbocycles. The first-order valence-electron chi connectivity index (χ1n) is 6.52. The van der Waals surface area contributed by atoms with Crippen molar-refractivity contribution in [2.75, 3.05) is 19.7 Å². The summed E-state index contributed by atoms with van der Waals surface area (Å²) in [6.45, 7) is 2.43. The molecule has 0 radical (unpaired) electrons. The standard InChI is InChI=1S/C14H19NO2/c16-14-11-4-2-1-3-10(11)5-6-12(14)13-9-15-7-8-17-13/h5-6,13,15-16H,1-4,7-9H2. The Bertz CT molecular complexity index is 411. The lowest BCUT2D eigenvalue weighted by molar-refractivity contribution is 0.0262. The van der Waals surface area contributed by atoms with Crippen molar-refractivity contribution in [2.45, 2.75) is 31.8 Å². The van der Waals surface area contributed by atoms with E-state index >= 15 is 0 Å². The van der Waals surface area contributed by atoms with Crippen LogP contribution in [0.3, 0.4) is 0 Å². The number of phenols is 1. The van der Waals surface area contributed by atoms with E-state index in [1.165, 1.54) is 18.4 Å². The second-order valence-corrected chi connectivity index (χ2v) is 4.91. The van der Waals surface area contributed by atoms with Crippen LogP contribution in [0, 0.1) is 0 Å².